The SMILES string of the molecule is CC(C)(C)OC(=O)NC[C@H](c1cccc(Cl)c1)C1C(=O)c2ccccc2C1=O. The first-order valence-electron chi connectivity index (χ1n) is 9.07. The summed E-state index contributed by atoms with van der Waals surface area (Å²) in [5.41, 5.74) is 0.900. The fraction of sp³-hybridized carbons (Fsp3) is 0.318. The quantitative estimate of drug-likeness (QED) is 0.760. The number of halogens is 1. The van der Waals surface area contributed by atoms with Gasteiger partial charge in [0.15, 0.2) is 11.6 Å². The predicted octanol–water partition coefficient (Wildman–Crippen LogP) is 4.64. The second kappa shape index (κ2) is 7.76. The topological polar surface area (TPSA) is 72.5 Å². The maximum absolute atomic E-state index is 13.0. The van der Waals surface area contributed by atoms with Gasteiger partial charge in [0.1, 0.15) is 5.60 Å². The van der Waals surface area contributed by atoms with Crippen molar-refractivity contribution in [2.75, 3.05) is 6.54 Å². The summed E-state index contributed by atoms with van der Waals surface area (Å²) in [5, 5.41) is 3.19. The van der Waals surface area contributed by atoms with E-state index in [0.29, 0.717) is 21.7 Å². The number of alkyl carbamates (subject to hydrolysis) is 1. The molecule has 1 N–H and O–H groups in total. The van der Waals surface area contributed by atoms with E-state index in [0.717, 1.165) is 0 Å². The maximum atomic E-state index is 13.0. The van der Waals surface area contributed by atoms with Gasteiger partial charge in [0, 0.05) is 28.6 Å². The minimum absolute atomic E-state index is 0.0748. The highest BCUT2D eigenvalue weighted by Crippen LogP contribution is 2.37. The van der Waals surface area contributed by atoms with Crippen LogP contribution in [0.2, 0.25) is 5.02 Å². The summed E-state index contributed by atoms with van der Waals surface area (Å²) in [6.07, 6.45) is -0.602. The van der Waals surface area contributed by atoms with Crippen LogP contribution in [0.25, 0.3) is 0 Å². The molecule has 0 saturated heterocycles. The van der Waals surface area contributed by atoms with Crippen molar-refractivity contribution in [2.45, 2.75) is 32.3 Å². The Balaban J connectivity index is 1.91. The summed E-state index contributed by atoms with van der Waals surface area (Å²) < 4.78 is 5.28. The summed E-state index contributed by atoms with van der Waals surface area (Å²) in [6, 6.07) is 13.8. The molecule has 0 fully saturated rings. The van der Waals surface area contributed by atoms with E-state index in [1.165, 1.54) is 0 Å². The number of hydrogen-bond donors (Lipinski definition) is 1. The van der Waals surface area contributed by atoms with E-state index in [1.807, 2.05) is 0 Å². The number of nitrogens with one attached hydrogen (secondary N) is 1. The van der Waals surface area contributed by atoms with Crippen LogP contribution < -0.4 is 5.32 Å². The molecule has 3 rings (SSSR count). The van der Waals surface area contributed by atoms with Crippen molar-refractivity contribution in [3.8, 4) is 0 Å². The average Bonchev–Trinajstić information content (AvgIpc) is 2.86. The van der Waals surface area contributed by atoms with Crippen LogP contribution in [0.3, 0.4) is 0 Å². The van der Waals surface area contributed by atoms with Gasteiger partial charge < -0.3 is 10.1 Å². The van der Waals surface area contributed by atoms with Gasteiger partial charge in [-0.1, -0.05) is 48.0 Å². The van der Waals surface area contributed by atoms with Gasteiger partial charge in [0.25, 0.3) is 0 Å². The molecule has 2 aromatic rings. The van der Waals surface area contributed by atoms with E-state index in [9.17, 15) is 14.4 Å². The zero-order valence-corrected chi connectivity index (χ0v) is 16.7. The number of rotatable bonds is 4. The number of Topliss-reactive ketones (excluding diaryl/α,β-unsaturated/α-hetero) is 2. The molecule has 0 heterocycles. The van der Waals surface area contributed by atoms with Crippen LogP contribution in [0, 0.1) is 5.92 Å². The number of amides is 1. The van der Waals surface area contributed by atoms with Crippen molar-refractivity contribution < 1.29 is 19.1 Å². The standard InChI is InChI=1S/C22H22ClNO4/c1-22(2,3)28-21(27)24-12-17(13-7-6-8-14(23)11-13)18-19(25)15-9-4-5-10-16(15)20(18)26/h4-11,17-18H,12H2,1-3H3,(H,24,27)/t17-/m1/s1. The van der Waals surface area contributed by atoms with Crippen LogP contribution in [0.5, 0.6) is 0 Å². The molecule has 1 aliphatic carbocycles. The molecule has 0 aliphatic heterocycles. The van der Waals surface area contributed by atoms with Crippen molar-refractivity contribution in [1.82, 2.24) is 5.32 Å². The summed E-state index contributed by atoms with van der Waals surface area (Å²) in [5.74, 6) is -1.95. The largest absolute Gasteiger partial charge is 0.444 e. The number of carbonyl (C=O) groups excluding carboxylic acids is 3. The third-order valence-electron chi connectivity index (χ3n) is 4.57. The monoisotopic (exact) mass is 399 g/mol. The molecule has 0 spiro atoms. The molecule has 2 aromatic carbocycles. The predicted molar refractivity (Wildman–Crippen MR) is 107 cm³/mol. The van der Waals surface area contributed by atoms with Gasteiger partial charge >= 0.3 is 6.09 Å². The van der Waals surface area contributed by atoms with Crippen LogP contribution in [0.15, 0.2) is 48.5 Å². The van der Waals surface area contributed by atoms with E-state index in [4.69, 9.17) is 16.3 Å². The minimum Gasteiger partial charge on any atom is -0.444 e. The molecule has 0 radical (unpaired) electrons. The third kappa shape index (κ3) is 4.25. The Labute approximate surface area is 169 Å². The molecule has 1 atom stereocenters. The summed E-state index contributed by atoms with van der Waals surface area (Å²) in [6.45, 7) is 5.37. The molecule has 5 nitrogen and oxygen atoms in total. The van der Waals surface area contributed by atoms with E-state index in [1.54, 1.807) is 69.3 Å². The molecule has 146 valence electrons. The van der Waals surface area contributed by atoms with Gasteiger partial charge in [-0.15, -0.1) is 0 Å². The summed E-state index contributed by atoms with van der Waals surface area (Å²) in [7, 11) is 0. The van der Waals surface area contributed by atoms with Gasteiger partial charge in [-0.05, 0) is 38.5 Å². The smallest absolute Gasteiger partial charge is 0.407 e. The Morgan fingerprint density at radius 3 is 2.21 bits per heavy atom. The average molecular weight is 400 g/mol. The molecule has 1 aliphatic rings. The molecule has 1 amide bonds. The van der Waals surface area contributed by atoms with E-state index >= 15 is 0 Å². The Hall–Kier alpha value is -2.66. The highest BCUT2D eigenvalue weighted by molar-refractivity contribution is 6.30. The zero-order valence-electron chi connectivity index (χ0n) is 16.0. The lowest BCUT2D eigenvalue weighted by atomic mass is 9.82. The first-order valence-corrected chi connectivity index (χ1v) is 9.45. The molecular formula is C22H22ClNO4. The van der Waals surface area contributed by atoms with Crippen molar-refractivity contribution in [3.05, 3.63) is 70.2 Å². The molecule has 0 unspecified atom stereocenters. The van der Waals surface area contributed by atoms with Gasteiger partial charge in [-0.25, -0.2) is 4.79 Å². The van der Waals surface area contributed by atoms with E-state index < -0.39 is 23.5 Å². The molecule has 0 aromatic heterocycles. The molecule has 0 saturated carbocycles. The molecule has 6 heteroatoms. The van der Waals surface area contributed by atoms with Gasteiger partial charge in [-0.3, -0.25) is 9.59 Å². The first-order chi connectivity index (χ1) is 13.2. The number of ether oxygens (including phenoxy) is 1. The van der Waals surface area contributed by atoms with Gasteiger partial charge in [-0.2, -0.15) is 0 Å². The fourth-order valence-corrected chi connectivity index (χ4v) is 3.60. The molecule has 0 bridgehead atoms. The Kier molecular flexibility index (Phi) is 5.57. The number of ketones is 2. The highest BCUT2D eigenvalue weighted by Gasteiger charge is 2.43. The Morgan fingerprint density at radius 2 is 1.68 bits per heavy atom. The van der Waals surface area contributed by atoms with Crippen molar-refractivity contribution in [1.29, 1.82) is 0 Å². The number of carbonyl (C=O) groups is 3. The van der Waals surface area contributed by atoms with Crippen LogP contribution >= 0.6 is 11.6 Å². The normalized spacial score (nSPS) is 15.3. The molecular weight excluding hydrogens is 378 g/mol. The van der Waals surface area contributed by atoms with Crippen LogP contribution in [-0.4, -0.2) is 29.8 Å². The summed E-state index contributed by atoms with van der Waals surface area (Å²) >= 11 is 6.13. The Bertz CT molecular complexity index is 897. The van der Waals surface area contributed by atoms with Crippen LogP contribution in [0.1, 0.15) is 53.0 Å². The number of fused-ring (bicyclic) bond motifs is 1. The highest BCUT2D eigenvalue weighted by atomic mass is 35.5. The van der Waals surface area contributed by atoms with E-state index in [2.05, 4.69) is 5.32 Å². The zero-order chi connectivity index (χ0) is 20.5. The lowest BCUT2D eigenvalue weighted by Crippen LogP contribution is -2.38. The molecule has 28 heavy (non-hydrogen) atoms. The third-order valence-corrected chi connectivity index (χ3v) is 4.80. The number of benzene rings is 2. The van der Waals surface area contributed by atoms with Crippen molar-refractivity contribution in [3.63, 3.8) is 0 Å². The van der Waals surface area contributed by atoms with Crippen molar-refractivity contribution in [2.24, 2.45) is 5.92 Å². The lowest BCUT2D eigenvalue weighted by Gasteiger charge is -2.24. The van der Waals surface area contributed by atoms with Crippen LogP contribution in [-0.2, 0) is 4.74 Å². The minimum atomic E-state index is -0.911. The second-order valence-corrected chi connectivity index (χ2v) is 8.23. The maximum Gasteiger partial charge on any atom is 0.407 e. The van der Waals surface area contributed by atoms with Gasteiger partial charge in [0.2, 0.25) is 0 Å². The number of hydrogen-bond acceptors (Lipinski definition) is 4. The van der Waals surface area contributed by atoms with Crippen LogP contribution in [0.4, 0.5) is 4.79 Å². The van der Waals surface area contributed by atoms with Gasteiger partial charge in [0.05, 0.1) is 5.92 Å². The fourth-order valence-electron chi connectivity index (χ4n) is 3.41. The summed E-state index contributed by atoms with van der Waals surface area (Å²) in [4.78, 5) is 38.1. The first kappa shape index (κ1) is 20.1. The van der Waals surface area contributed by atoms with Crippen molar-refractivity contribution >= 4 is 29.3 Å². The Morgan fingerprint density at radius 1 is 1.07 bits per heavy atom. The van der Waals surface area contributed by atoms with E-state index in [-0.39, 0.29) is 18.1 Å². The lowest BCUT2D eigenvalue weighted by molar-refractivity contribution is 0.0514. The second-order valence-electron chi connectivity index (χ2n) is 7.80.